The first kappa shape index (κ1) is 21.4. The van der Waals surface area contributed by atoms with E-state index >= 15 is 0 Å². The number of hydrogen-bond acceptors (Lipinski definition) is 5. The summed E-state index contributed by atoms with van der Waals surface area (Å²) >= 11 is 0. The summed E-state index contributed by atoms with van der Waals surface area (Å²) in [6.07, 6.45) is -1.54. The van der Waals surface area contributed by atoms with Crippen molar-refractivity contribution in [3.8, 4) is 5.88 Å². The van der Waals surface area contributed by atoms with Crippen molar-refractivity contribution >= 4 is 23.7 Å². The van der Waals surface area contributed by atoms with Gasteiger partial charge < -0.3 is 14.6 Å². The maximum Gasteiger partial charge on any atom is 0.413 e. The van der Waals surface area contributed by atoms with Crippen LogP contribution in [-0.2, 0) is 11.2 Å². The highest BCUT2D eigenvalue weighted by Crippen LogP contribution is 2.36. The number of nitrogens with one attached hydrogen (secondary N) is 1. The number of hydrogen-bond donors (Lipinski definition) is 2. The molecule has 0 saturated carbocycles. The molecule has 0 aliphatic carbocycles. The Balaban J connectivity index is 2.02. The first-order valence-corrected chi connectivity index (χ1v) is 9.47. The minimum atomic E-state index is -1.13. The Hall–Kier alpha value is -3.36. The topological polar surface area (TPSA) is 101 Å². The predicted molar refractivity (Wildman–Crippen MR) is 109 cm³/mol. The number of carboxylic acid groups (broad SMARTS) is 1. The van der Waals surface area contributed by atoms with Crippen molar-refractivity contribution in [2.75, 3.05) is 16.8 Å². The largest absolute Gasteiger partial charge is 0.474 e. The molecule has 3 rings (SSSR count). The van der Waals surface area contributed by atoms with E-state index in [2.05, 4.69) is 10.3 Å². The third-order valence-electron chi connectivity index (χ3n) is 4.34. The van der Waals surface area contributed by atoms with Gasteiger partial charge in [-0.05, 0) is 51.5 Å². The summed E-state index contributed by atoms with van der Waals surface area (Å²) in [4.78, 5) is 29.6. The molecule has 1 aromatic carbocycles. The second-order valence-electron chi connectivity index (χ2n) is 8.06. The van der Waals surface area contributed by atoms with Gasteiger partial charge in [-0.3, -0.25) is 10.2 Å². The molecule has 160 valence electrons. The van der Waals surface area contributed by atoms with Gasteiger partial charge in [0.1, 0.15) is 29.5 Å². The van der Waals surface area contributed by atoms with Crippen molar-refractivity contribution in [2.24, 2.45) is 0 Å². The van der Waals surface area contributed by atoms with Gasteiger partial charge in [0.25, 0.3) is 0 Å². The Bertz CT molecular complexity index is 956. The molecule has 0 fully saturated rings. The van der Waals surface area contributed by atoms with Gasteiger partial charge in [0.05, 0.1) is 6.04 Å². The summed E-state index contributed by atoms with van der Waals surface area (Å²) in [5.74, 6) is -0.0784. The van der Waals surface area contributed by atoms with Crippen molar-refractivity contribution in [3.05, 3.63) is 47.3 Å². The maximum absolute atomic E-state index is 13.3. The lowest BCUT2D eigenvalue weighted by molar-refractivity contribution is 0.0635. The molecule has 2 amide bonds. The van der Waals surface area contributed by atoms with E-state index in [1.165, 1.54) is 17.0 Å². The highest BCUT2D eigenvalue weighted by molar-refractivity contribution is 5.91. The number of amides is 2. The molecule has 30 heavy (non-hydrogen) atoms. The third kappa shape index (κ3) is 4.97. The summed E-state index contributed by atoms with van der Waals surface area (Å²) in [5.41, 5.74) is 0.877. The minimum Gasteiger partial charge on any atom is -0.474 e. The van der Waals surface area contributed by atoms with Gasteiger partial charge in [0.15, 0.2) is 0 Å². The van der Waals surface area contributed by atoms with Crippen LogP contribution in [0.2, 0.25) is 0 Å². The van der Waals surface area contributed by atoms with Gasteiger partial charge in [0, 0.05) is 12.0 Å². The lowest BCUT2D eigenvalue weighted by Gasteiger charge is -2.33. The van der Waals surface area contributed by atoms with Crippen molar-refractivity contribution in [3.63, 3.8) is 0 Å². The van der Waals surface area contributed by atoms with Crippen molar-refractivity contribution in [2.45, 2.75) is 45.8 Å². The number of rotatable bonds is 3. The fraction of sp³-hybridized carbons (Fsp3) is 0.381. The second kappa shape index (κ2) is 8.17. The number of carbonyl (C=O) groups excluding carboxylic acids is 1. The molecule has 0 saturated heterocycles. The number of carbonyl (C=O) groups is 2. The molecular formula is C21H24FN3O5. The molecular weight excluding hydrogens is 393 g/mol. The van der Waals surface area contributed by atoms with Crippen LogP contribution in [0.5, 0.6) is 5.88 Å². The number of aromatic nitrogens is 1. The summed E-state index contributed by atoms with van der Waals surface area (Å²) in [5, 5.41) is 12.2. The maximum atomic E-state index is 13.3. The Kier molecular flexibility index (Phi) is 5.82. The Labute approximate surface area is 173 Å². The number of benzene rings is 1. The molecule has 2 N–H and O–H groups in total. The highest BCUT2D eigenvalue weighted by atomic mass is 19.1. The Morgan fingerprint density at radius 2 is 2.00 bits per heavy atom. The van der Waals surface area contributed by atoms with E-state index in [1.807, 2.05) is 0 Å². The van der Waals surface area contributed by atoms with Crippen LogP contribution >= 0.6 is 0 Å². The van der Waals surface area contributed by atoms with Crippen LogP contribution in [-0.4, -0.2) is 40.5 Å². The van der Waals surface area contributed by atoms with Crippen LogP contribution in [0.15, 0.2) is 30.3 Å². The first-order valence-electron chi connectivity index (χ1n) is 9.47. The van der Waals surface area contributed by atoms with Crippen LogP contribution in [0.3, 0.4) is 0 Å². The van der Waals surface area contributed by atoms with Gasteiger partial charge in [-0.25, -0.2) is 14.0 Å². The number of halogens is 1. The smallest absolute Gasteiger partial charge is 0.413 e. The molecule has 8 nitrogen and oxygen atoms in total. The number of nitrogens with zero attached hydrogens (tertiary/aromatic N) is 2. The number of fused-ring (bicyclic) bond motifs is 1. The molecule has 0 bridgehead atoms. The molecule has 1 aromatic heterocycles. The Morgan fingerprint density at radius 3 is 2.60 bits per heavy atom. The second-order valence-corrected chi connectivity index (χ2v) is 8.06. The average molecular weight is 417 g/mol. The van der Waals surface area contributed by atoms with Crippen LogP contribution in [0.4, 0.5) is 25.5 Å². The van der Waals surface area contributed by atoms with Gasteiger partial charge >= 0.3 is 12.2 Å². The van der Waals surface area contributed by atoms with Crippen LogP contribution in [0, 0.1) is 5.82 Å². The normalized spacial score (nSPS) is 15.8. The average Bonchev–Trinajstić information content (AvgIpc) is 2.62. The van der Waals surface area contributed by atoms with Crippen LogP contribution < -0.4 is 15.0 Å². The van der Waals surface area contributed by atoms with E-state index in [-0.39, 0.29) is 36.2 Å². The molecule has 2 heterocycles. The van der Waals surface area contributed by atoms with Crippen molar-refractivity contribution in [1.29, 1.82) is 0 Å². The van der Waals surface area contributed by atoms with E-state index < -0.39 is 23.8 Å². The lowest BCUT2D eigenvalue weighted by atomic mass is 10.0. The predicted octanol–water partition coefficient (Wildman–Crippen LogP) is 4.42. The van der Waals surface area contributed by atoms with Gasteiger partial charge in [0.2, 0.25) is 5.88 Å². The van der Waals surface area contributed by atoms with E-state index in [9.17, 15) is 19.1 Å². The number of ether oxygens (including phenoxy) is 2. The highest BCUT2D eigenvalue weighted by Gasteiger charge is 2.32. The summed E-state index contributed by atoms with van der Waals surface area (Å²) < 4.78 is 24.2. The number of anilines is 2. The van der Waals surface area contributed by atoms with E-state index in [0.717, 1.165) is 5.56 Å². The fourth-order valence-electron chi connectivity index (χ4n) is 3.07. The van der Waals surface area contributed by atoms with E-state index in [1.54, 1.807) is 45.9 Å². The monoisotopic (exact) mass is 417 g/mol. The molecule has 1 aliphatic rings. The van der Waals surface area contributed by atoms with E-state index in [0.29, 0.717) is 5.56 Å². The quantitative estimate of drug-likeness (QED) is 0.767. The standard InChI is InChI=1S/C21H24FN3O5/c1-12-11-29-18-16(25(12)20(27)28)10-14(9-13-5-7-15(22)8-6-13)17(23-18)24-19(26)30-21(2,3)4/h5-8,10,12H,9,11H2,1-4H3,(H,27,28)(H,23,24,26)/t12-/m0/s1. The third-order valence-corrected chi connectivity index (χ3v) is 4.34. The number of pyridine rings is 1. The fourth-order valence-corrected chi connectivity index (χ4v) is 3.07. The molecule has 2 aromatic rings. The summed E-state index contributed by atoms with van der Waals surface area (Å²) in [7, 11) is 0. The van der Waals surface area contributed by atoms with Crippen molar-refractivity contribution in [1.82, 2.24) is 4.98 Å². The summed E-state index contributed by atoms with van der Waals surface area (Å²) in [6.45, 7) is 7.07. The molecule has 0 radical (unpaired) electrons. The lowest BCUT2D eigenvalue weighted by Crippen LogP contribution is -2.44. The van der Waals surface area contributed by atoms with Gasteiger partial charge in [-0.2, -0.15) is 4.98 Å². The van der Waals surface area contributed by atoms with Gasteiger partial charge in [-0.15, -0.1) is 0 Å². The first-order chi connectivity index (χ1) is 14.0. The summed E-state index contributed by atoms with van der Waals surface area (Å²) in [6, 6.07) is 7.09. The van der Waals surface area contributed by atoms with Crippen molar-refractivity contribution < 1.29 is 28.6 Å². The van der Waals surface area contributed by atoms with Gasteiger partial charge in [-0.1, -0.05) is 12.1 Å². The molecule has 1 aliphatic heterocycles. The molecule has 0 spiro atoms. The van der Waals surface area contributed by atoms with E-state index in [4.69, 9.17) is 9.47 Å². The van der Waals surface area contributed by atoms with Crippen LogP contribution in [0.1, 0.15) is 38.8 Å². The minimum absolute atomic E-state index is 0.101. The molecule has 9 heteroatoms. The molecule has 0 unspecified atom stereocenters. The zero-order chi connectivity index (χ0) is 22.1. The zero-order valence-electron chi connectivity index (χ0n) is 17.2. The van der Waals surface area contributed by atoms with Crippen LogP contribution in [0.25, 0.3) is 0 Å². The SMILES string of the molecule is C[C@H]1COc2nc(NC(=O)OC(C)(C)C)c(Cc3ccc(F)cc3)cc2N1C(=O)O. The zero-order valence-corrected chi connectivity index (χ0v) is 17.2. The molecule has 1 atom stereocenters. The Morgan fingerprint density at radius 1 is 1.33 bits per heavy atom.